The molecule has 1 saturated carbocycles. The number of nitrogens with one attached hydrogen (secondary N) is 1. The van der Waals surface area contributed by atoms with Crippen molar-refractivity contribution in [1.29, 1.82) is 0 Å². The highest BCUT2D eigenvalue weighted by atomic mass is 16.5. The van der Waals surface area contributed by atoms with Gasteiger partial charge < -0.3 is 20.7 Å². The first-order chi connectivity index (χ1) is 10.1. The van der Waals surface area contributed by atoms with Gasteiger partial charge in [0.25, 0.3) is 0 Å². The molecule has 0 unspecified atom stereocenters. The van der Waals surface area contributed by atoms with Crippen LogP contribution in [-0.4, -0.2) is 37.6 Å². The van der Waals surface area contributed by atoms with Gasteiger partial charge in [0.05, 0.1) is 12.8 Å². The average molecular weight is 291 g/mol. The third-order valence-corrected chi connectivity index (χ3v) is 3.82. The summed E-state index contributed by atoms with van der Waals surface area (Å²) in [5, 5.41) is 2.89. The van der Waals surface area contributed by atoms with E-state index in [0.717, 1.165) is 25.6 Å². The lowest BCUT2D eigenvalue weighted by atomic mass is 10.2. The molecular weight excluding hydrogens is 266 g/mol. The third kappa shape index (κ3) is 4.93. The van der Waals surface area contributed by atoms with Crippen LogP contribution in [0.15, 0.2) is 18.2 Å². The molecule has 1 aromatic carbocycles. The molecule has 1 aliphatic rings. The second-order valence-corrected chi connectivity index (χ2v) is 5.59. The average Bonchev–Trinajstić information content (AvgIpc) is 3.29. The van der Waals surface area contributed by atoms with Crippen molar-refractivity contribution in [2.45, 2.75) is 26.2 Å². The van der Waals surface area contributed by atoms with Gasteiger partial charge in [-0.05, 0) is 37.4 Å². The van der Waals surface area contributed by atoms with Crippen molar-refractivity contribution in [3.05, 3.63) is 18.2 Å². The summed E-state index contributed by atoms with van der Waals surface area (Å²) in [5.41, 5.74) is 6.99. The third-order valence-electron chi connectivity index (χ3n) is 3.82. The molecule has 0 aromatic heterocycles. The zero-order valence-electron chi connectivity index (χ0n) is 12.9. The number of hydrogen-bond acceptors (Lipinski definition) is 4. The molecule has 0 atom stereocenters. The molecule has 1 aromatic rings. The van der Waals surface area contributed by atoms with Crippen LogP contribution in [0, 0.1) is 5.92 Å². The lowest BCUT2D eigenvalue weighted by Crippen LogP contribution is -2.29. The maximum Gasteiger partial charge on any atom is 0.225 e. The predicted molar refractivity (Wildman–Crippen MR) is 85.5 cm³/mol. The second-order valence-electron chi connectivity index (χ2n) is 5.59. The molecule has 116 valence electrons. The first-order valence-electron chi connectivity index (χ1n) is 7.58. The molecule has 0 spiro atoms. The fourth-order valence-electron chi connectivity index (χ4n) is 2.33. The summed E-state index contributed by atoms with van der Waals surface area (Å²) in [6.07, 6.45) is 3.17. The van der Waals surface area contributed by atoms with Crippen LogP contribution >= 0.6 is 0 Å². The molecule has 0 heterocycles. The number of hydrogen-bond donors (Lipinski definition) is 2. The van der Waals surface area contributed by atoms with E-state index in [0.29, 0.717) is 23.5 Å². The van der Waals surface area contributed by atoms with E-state index in [1.165, 1.54) is 12.8 Å². The number of nitrogens with zero attached hydrogens (tertiary/aromatic N) is 1. The zero-order valence-corrected chi connectivity index (χ0v) is 12.9. The quantitative estimate of drug-likeness (QED) is 0.721. The highest BCUT2D eigenvalue weighted by Gasteiger charge is 2.23. The number of nitrogen functional groups attached to an aromatic ring is 1. The second kappa shape index (κ2) is 7.31. The number of ether oxygens (including phenoxy) is 1. The van der Waals surface area contributed by atoms with E-state index in [9.17, 15) is 4.79 Å². The van der Waals surface area contributed by atoms with Crippen LogP contribution in [-0.2, 0) is 4.79 Å². The zero-order chi connectivity index (χ0) is 15.2. The Bertz CT molecular complexity index is 486. The smallest absolute Gasteiger partial charge is 0.225 e. The molecule has 0 aliphatic heterocycles. The van der Waals surface area contributed by atoms with Crippen molar-refractivity contribution in [3.8, 4) is 5.75 Å². The largest absolute Gasteiger partial charge is 0.494 e. The fourth-order valence-corrected chi connectivity index (χ4v) is 2.33. The Hall–Kier alpha value is -1.75. The number of carbonyl (C=O) groups excluding carboxylic acids is 1. The van der Waals surface area contributed by atoms with Crippen molar-refractivity contribution in [3.63, 3.8) is 0 Å². The van der Waals surface area contributed by atoms with Crippen molar-refractivity contribution in [1.82, 2.24) is 4.90 Å². The SMILES string of the molecule is CCN(CCC(=O)Nc1ccc(N)cc1OC)CC1CC1. The molecule has 1 fully saturated rings. The standard InChI is InChI=1S/C16H25N3O2/c1-3-19(11-12-4-5-12)9-8-16(20)18-14-7-6-13(17)10-15(14)21-2/h6-7,10,12H,3-5,8-9,11,17H2,1-2H3,(H,18,20). The van der Waals surface area contributed by atoms with Crippen LogP contribution in [0.3, 0.4) is 0 Å². The van der Waals surface area contributed by atoms with Crippen molar-refractivity contribution in [2.24, 2.45) is 5.92 Å². The summed E-state index contributed by atoms with van der Waals surface area (Å²) < 4.78 is 5.23. The van der Waals surface area contributed by atoms with Gasteiger partial charge in [-0.3, -0.25) is 4.79 Å². The Balaban J connectivity index is 1.83. The van der Waals surface area contributed by atoms with Crippen LogP contribution in [0.1, 0.15) is 26.2 Å². The molecule has 1 aliphatic carbocycles. The van der Waals surface area contributed by atoms with Crippen LogP contribution in [0.4, 0.5) is 11.4 Å². The van der Waals surface area contributed by atoms with Crippen LogP contribution in [0.25, 0.3) is 0 Å². The number of rotatable bonds is 8. The molecule has 21 heavy (non-hydrogen) atoms. The minimum absolute atomic E-state index is 0.00678. The molecule has 5 heteroatoms. The van der Waals surface area contributed by atoms with Crippen LogP contribution in [0.2, 0.25) is 0 Å². The Labute approximate surface area is 126 Å². The number of benzene rings is 1. The van der Waals surface area contributed by atoms with Gasteiger partial charge in [0.2, 0.25) is 5.91 Å². The first kappa shape index (κ1) is 15.6. The predicted octanol–water partition coefficient (Wildman–Crippen LogP) is 2.34. The van der Waals surface area contributed by atoms with Crippen molar-refractivity contribution in [2.75, 3.05) is 37.8 Å². The van der Waals surface area contributed by atoms with Crippen LogP contribution < -0.4 is 15.8 Å². The normalized spacial score (nSPS) is 14.2. The Morgan fingerprint density at radius 1 is 1.48 bits per heavy atom. The summed E-state index contributed by atoms with van der Waals surface area (Å²) in [6.45, 7) is 5.06. The molecule has 0 radical (unpaired) electrons. The van der Waals surface area contributed by atoms with Gasteiger partial charge in [-0.1, -0.05) is 6.92 Å². The monoisotopic (exact) mass is 291 g/mol. The molecule has 3 N–H and O–H groups in total. The summed E-state index contributed by atoms with van der Waals surface area (Å²) in [4.78, 5) is 14.4. The first-order valence-corrected chi connectivity index (χ1v) is 7.58. The summed E-state index contributed by atoms with van der Waals surface area (Å²) >= 11 is 0. The minimum Gasteiger partial charge on any atom is -0.494 e. The Morgan fingerprint density at radius 2 is 2.24 bits per heavy atom. The number of carbonyl (C=O) groups is 1. The van der Waals surface area contributed by atoms with E-state index >= 15 is 0 Å². The van der Waals surface area contributed by atoms with Gasteiger partial charge in [-0.15, -0.1) is 0 Å². The van der Waals surface area contributed by atoms with Gasteiger partial charge in [0.1, 0.15) is 5.75 Å². The molecule has 2 rings (SSSR count). The van der Waals surface area contributed by atoms with Crippen LogP contribution in [0.5, 0.6) is 5.75 Å². The lowest BCUT2D eigenvalue weighted by molar-refractivity contribution is -0.116. The van der Waals surface area contributed by atoms with Gasteiger partial charge in [0, 0.05) is 31.3 Å². The molecule has 0 bridgehead atoms. The topological polar surface area (TPSA) is 67.6 Å². The Kier molecular flexibility index (Phi) is 5.44. The van der Waals surface area contributed by atoms with Crippen molar-refractivity contribution < 1.29 is 9.53 Å². The van der Waals surface area contributed by atoms with Gasteiger partial charge in [-0.2, -0.15) is 0 Å². The van der Waals surface area contributed by atoms with E-state index < -0.39 is 0 Å². The van der Waals surface area contributed by atoms with E-state index in [2.05, 4.69) is 17.1 Å². The van der Waals surface area contributed by atoms with Gasteiger partial charge >= 0.3 is 0 Å². The number of nitrogens with two attached hydrogens (primary N) is 1. The van der Waals surface area contributed by atoms with Gasteiger partial charge in [-0.25, -0.2) is 0 Å². The highest BCUT2D eigenvalue weighted by molar-refractivity contribution is 5.92. The van der Waals surface area contributed by atoms with E-state index in [4.69, 9.17) is 10.5 Å². The lowest BCUT2D eigenvalue weighted by Gasteiger charge is -2.19. The number of anilines is 2. The van der Waals surface area contributed by atoms with Crippen molar-refractivity contribution >= 4 is 17.3 Å². The number of methoxy groups -OCH3 is 1. The maximum absolute atomic E-state index is 12.1. The Morgan fingerprint density at radius 3 is 2.86 bits per heavy atom. The maximum atomic E-state index is 12.1. The highest BCUT2D eigenvalue weighted by Crippen LogP contribution is 2.30. The summed E-state index contributed by atoms with van der Waals surface area (Å²) in [5.74, 6) is 1.45. The van der Waals surface area contributed by atoms with E-state index in [-0.39, 0.29) is 5.91 Å². The number of amides is 1. The molecule has 5 nitrogen and oxygen atoms in total. The molecule has 1 amide bonds. The van der Waals surface area contributed by atoms with E-state index in [1.807, 2.05) is 0 Å². The minimum atomic E-state index is 0.00678. The van der Waals surface area contributed by atoms with Gasteiger partial charge in [0.15, 0.2) is 0 Å². The summed E-state index contributed by atoms with van der Waals surface area (Å²) in [7, 11) is 1.57. The van der Waals surface area contributed by atoms with E-state index in [1.54, 1.807) is 25.3 Å². The summed E-state index contributed by atoms with van der Waals surface area (Å²) in [6, 6.07) is 5.23. The molecular formula is C16H25N3O2. The fraction of sp³-hybridized carbons (Fsp3) is 0.562. The molecule has 0 saturated heterocycles.